The smallest absolute Gasteiger partial charge is 0.225 e. The topological polar surface area (TPSA) is 68.1 Å². The van der Waals surface area contributed by atoms with E-state index < -0.39 is 0 Å². The van der Waals surface area contributed by atoms with E-state index in [-0.39, 0.29) is 0 Å². The number of hydrogen-bond donors (Lipinski definition) is 1. The number of nitrogens with zero attached hydrogens (tertiary/aromatic N) is 5. The molecule has 1 saturated heterocycles. The van der Waals surface area contributed by atoms with Gasteiger partial charge < -0.3 is 10.2 Å². The van der Waals surface area contributed by atoms with Crippen molar-refractivity contribution in [1.29, 1.82) is 5.26 Å². The van der Waals surface area contributed by atoms with Crippen molar-refractivity contribution in [3.8, 4) is 6.07 Å². The Morgan fingerprint density at radius 2 is 1.92 bits per heavy atom. The molecule has 1 aliphatic heterocycles. The van der Waals surface area contributed by atoms with Crippen molar-refractivity contribution in [2.75, 3.05) is 49.5 Å². The molecular formula is C18H21ClN6. The van der Waals surface area contributed by atoms with Gasteiger partial charge in [0.25, 0.3) is 0 Å². The highest BCUT2D eigenvalue weighted by molar-refractivity contribution is 6.32. The van der Waals surface area contributed by atoms with Crippen LogP contribution in [0.4, 0.5) is 11.6 Å². The molecule has 130 valence electrons. The molecule has 0 atom stereocenters. The maximum Gasteiger partial charge on any atom is 0.225 e. The summed E-state index contributed by atoms with van der Waals surface area (Å²) in [7, 11) is 0. The first-order chi connectivity index (χ1) is 12.3. The minimum atomic E-state index is 0.492. The van der Waals surface area contributed by atoms with E-state index in [9.17, 15) is 0 Å². The first kappa shape index (κ1) is 17.5. The van der Waals surface area contributed by atoms with Crippen molar-refractivity contribution in [3.05, 3.63) is 47.2 Å². The van der Waals surface area contributed by atoms with Crippen molar-refractivity contribution >= 4 is 23.2 Å². The van der Waals surface area contributed by atoms with E-state index in [1.807, 2.05) is 12.1 Å². The average Bonchev–Trinajstić information content (AvgIpc) is 2.66. The van der Waals surface area contributed by atoms with Crippen molar-refractivity contribution < 1.29 is 0 Å². The predicted molar refractivity (Wildman–Crippen MR) is 100.0 cm³/mol. The highest BCUT2D eigenvalue weighted by Crippen LogP contribution is 2.20. The molecule has 1 fully saturated rings. The van der Waals surface area contributed by atoms with Crippen LogP contribution < -0.4 is 10.2 Å². The minimum Gasteiger partial charge on any atom is -0.385 e. The lowest BCUT2D eigenvalue weighted by molar-refractivity contribution is 0.256. The summed E-state index contributed by atoms with van der Waals surface area (Å²) in [6.07, 6.45) is 4.63. The van der Waals surface area contributed by atoms with Crippen LogP contribution in [0.25, 0.3) is 0 Å². The molecule has 0 radical (unpaired) electrons. The van der Waals surface area contributed by atoms with E-state index in [1.165, 1.54) is 0 Å². The zero-order chi connectivity index (χ0) is 17.5. The third kappa shape index (κ3) is 4.81. The molecule has 1 N–H and O–H groups in total. The number of benzene rings is 1. The molecule has 0 unspecified atom stereocenters. The third-order valence-corrected chi connectivity index (χ3v) is 4.59. The van der Waals surface area contributed by atoms with Crippen LogP contribution >= 0.6 is 11.6 Å². The van der Waals surface area contributed by atoms with Crippen LogP contribution in [0.5, 0.6) is 0 Å². The van der Waals surface area contributed by atoms with Gasteiger partial charge in [-0.2, -0.15) is 5.26 Å². The summed E-state index contributed by atoms with van der Waals surface area (Å²) in [6, 6.07) is 9.35. The molecule has 2 heterocycles. The zero-order valence-corrected chi connectivity index (χ0v) is 14.8. The summed E-state index contributed by atoms with van der Waals surface area (Å²) < 4.78 is 0. The van der Waals surface area contributed by atoms with Gasteiger partial charge in [0.15, 0.2) is 0 Å². The van der Waals surface area contributed by atoms with E-state index >= 15 is 0 Å². The van der Waals surface area contributed by atoms with Gasteiger partial charge in [-0.1, -0.05) is 11.6 Å². The maximum atomic E-state index is 8.89. The molecule has 1 aliphatic rings. The highest BCUT2D eigenvalue weighted by Gasteiger charge is 2.18. The number of rotatable bonds is 6. The van der Waals surface area contributed by atoms with E-state index in [2.05, 4.69) is 31.2 Å². The Balaban J connectivity index is 1.36. The molecule has 7 heteroatoms. The Morgan fingerprint density at radius 1 is 1.16 bits per heavy atom. The van der Waals surface area contributed by atoms with Gasteiger partial charge in [0, 0.05) is 50.8 Å². The van der Waals surface area contributed by atoms with E-state index in [0.29, 0.717) is 10.6 Å². The number of nitrogens with one attached hydrogen (secondary N) is 1. The molecule has 0 aliphatic carbocycles. The predicted octanol–water partition coefficient (Wildman–Crippen LogP) is 2.63. The number of piperazine rings is 1. The summed E-state index contributed by atoms with van der Waals surface area (Å²) in [5, 5.41) is 12.7. The van der Waals surface area contributed by atoms with Crippen LogP contribution in [0.15, 0.2) is 36.7 Å². The average molecular weight is 357 g/mol. The lowest BCUT2D eigenvalue weighted by Crippen LogP contribution is -2.47. The summed E-state index contributed by atoms with van der Waals surface area (Å²) in [5.74, 6) is 0.821. The molecule has 0 saturated carbocycles. The molecule has 6 nitrogen and oxygen atoms in total. The van der Waals surface area contributed by atoms with Crippen molar-refractivity contribution in [2.45, 2.75) is 6.42 Å². The SMILES string of the molecule is N#Cc1ccc(NCCCN2CCN(c3ncccn3)CC2)cc1Cl. The summed E-state index contributed by atoms with van der Waals surface area (Å²) in [6.45, 7) is 5.91. The van der Waals surface area contributed by atoms with E-state index in [1.54, 1.807) is 24.5 Å². The van der Waals surface area contributed by atoms with Crippen molar-refractivity contribution in [2.24, 2.45) is 0 Å². The van der Waals surface area contributed by atoms with Crippen LogP contribution in [0.1, 0.15) is 12.0 Å². The highest BCUT2D eigenvalue weighted by atomic mass is 35.5. The monoisotopic (exact) mass is 356 g/mol. The maximum absolute atomic E-state index is 8.89. The van der Waals surface area contributed by atoms with Gasteiger partial charge in [0.2, 0.25) is 5.95 Å². The van der Waals surface area contributed by atoms with Gasteiger partial charge in [0.05, 0.1) is 10.6 Å². The van der Waals surface area contributed by atoms with Gasteiger partial charge in [-0.25, -0.2) is 9.97 Å². The second kappa shape index (κ2) is 8.65. The van der Waals surface area contributed by atoms with Gasteiger partial charge in [-0.3, -0.25) is 4.90 Å². The molecule has 0 bridgehead atoms. The first-order valence-corrected chi connectivity index (χ1v) is 8.82. The minimum absolute atomic E-state index is 0.492. The van der Waals surface area contributed by atoms with Crippen LogP contribution in [0.3, 0.4) is 0 Å². The molecule has 3 rings (SSSR count). The second-order valence-electron chi connectivity index (χ2n) is 5.96. The normalized spacial score (nSPS) is 15.0. The Hall–Kier alpha value is -2.36. The number of anilines is 2. The zero-order valence-electron chi connectivity index (χ0n) is 14.0. The lowest BCUT2D eigenvalue weighted by atomic mass is 10.2. The van der Waals surface area contributed by atoms with Crippen LogP contribution in [-0.2, 0) is 0 Å². The molecule has 25 heavy (non-hydrogen) atoms. The van der Waals surface area contributed by atoms with Crippen molar-refractivity contribution in [1.82, 2.24) is 14.9 Å². The fourth-order valence-corrected chi connectivity index (χ4v) is 3.10. The third-order valence-electron chi connectivity index (χ3n) is 4.28. The Kier molecular flexibility index (Phi) is 6.04. The Bertz CT molecular complexity index is 722. The summed E-state index contributed by atoms with van der Waals surface area (Å²) in [4.78, 5) is 13.3. The molecule has 1 aromatic heterocycles. The standard InChI is InChI=1S/C18H21ClN6/c19-17-13-16(4-3-15(17)14-20)21-7-2-8-24-9-11-25(12-10-24)18-22-5-1-6-23-18/h1,3-6,13,21H,2,7-12H2. The van der Waals surface area contributed by atoms with Crippen LogP contribution in [-0.4, -0.2) is 54.1 Å². The number of nitriles is 1. The fraction of sp³-hybridized carbons (Fsp3) is 0.389. The fourth-order valence-electron chi connectivity index (χ4n) is 2.88. The summed E-state index contributed by atoms with van der Waals surface area (Å²) in [5.41, 5.74) is 1.46. The first-order valence-electron chi connectivity index (χ1n) is 8.44. The molecule has 0 spiro atoms. The largest absolute Gasteiger partial charge is 0.385 e. The van der Waals surface area contributed by atoms with Gasteiger partial charge in [0.1, 0.15) is 6.07 Å². The molecule has 2 aromatic rings. The van der Waals surface area contributed by atoms with Gasteiger partial charge in [-0.15, -0.1) is 0 Å². The molecular weight excluding hydrogens is 336 g/mol. The van der Waals surface area contributed by atoms with Gasteiger partial charge >= 0.3 is 0 Å². The number of halogens is 1. The van der Waals surface area contributed by atoms with Crippen LogP contribution in [0, 0.1) is 11.3 Å². The van der Waals surface area contributed by atoms with Crippen LogP contribution in [0.2, 0.25) is 5.02 Å². The van der Waals surface area contributed by atoms with E-state index in [4.69, 9.17) is 16.9 Å². The van der Waals surface area contributed by atoms with E-state index in [0.717, 1.165) is 57.3 Å². The quantitative estimate of drug-likeness (QED) is 0.802. The number of aromatic nitrogens is 2. The van der Waals surface area contributed by atoms with Gasteiger partial charge in [-0.05, 0) is 37.2 Å². The molecule has 0 amide bonds. The van der Waals surface area contributed by atoms with Crippen molar-refractivity contribution in [3.63, 3.8) is 0 Å². The Labute approximate surface area is 153 Å². The number of hydrogen-bond acceptors (Lipinski definition) is 6. The molecule has 1 aromatic carbocycles. The lowest BCUT2D eigenvalue weighted by Gasteiger charge is -2.34. The summed E-state index contributed by atoms with van der Waals surface area (Å²) >= 11 is 6.04. The Morgan fingerprint density at radius 3 is 2.60 bits per heavy atom. The second-order valence-corrected chi connectivity index (χ2v) is 6.37.